The SMILES string of the molecule is CCOc1cc([C@H](CC)N2CCNCC2)ccc1OCc1ccccc1. The summed E-state index contributed by atoms with van der Waals surface area (Å²) in [6.07, 6.45) is 1.09. The van der Waals surface area contributed by atoms with Gasteiger partial charge in [-0.1, -0.05) is 43.3 Å². The van der Waals surface area contributed by atoms with Crippen LogP contribution in [0, 0.1) is 0 Å². The maximum atomic E-state index is 6.04. The number of ether oxygens (including phenoxy) is 2. The molecule has 0 unspecified atom stereocenters. The Bertz CT molecular complexity index is 669. The highest BCUT2D eigenvalue weighted by molar-refractivity contribution is 5.44. The molecule has 1 aliphatic rings. The van der Waals surface area contributed by atoms with Crippen molar-refractivity contribution in [1.82, 2.24) is 10.2 Å². The van der Waals surface area contributed by atoms with E-state index in [1.807, 2.05) is 25.1 Å². The number of nitrogens with zero attached hydrogens (tertiary/aromatic N) is 1. The minimum atomic E-state index is 0.430. The maximum Gasteiger partial charge on any atom is 0.161 e. The van der Waals surface area contributed by atoms with Gasteiger partial charge < -0.3 is 14.8 Å². The molecule has 0 amide bonds. The van der Waals surface area contributed by atoms with Crippen LogP contribution in [0.25, 0.3) is 0 Å². The van der Waals surface area contributed by atoms with E-state index < -0.39 is 0 Å². The molecule has 4 nitrogen and oxygen atoms in total. The summed E-state index contributed by atoms with van der Waals surface area (Å²) in [6, 6.07) is 17.1. The van der Waals surface area contributed by atoms with Crippen LogP contribution in [0.2, 0.25) is 0 Å². The van der Waals surface area contributed by atoms with Gasteiger partial charge in [-0.15, -0.1) is 0 Å². The number of rotatable bonds is 8. The molecule has 3 rings (SSSR count). The summed E-state index contributed by atoms with van der Waals surface area (Å²) in [5, 5.41) is 3.43. The normalized spacial score (nSPS) is 16.2. The van der Waals surface area contributed by atoms with Gasteiger partial charge in [0.25, 0.3) is 0 Å². The molecular formula is C22H30N2O2. The fourth-order valence-corrected chi connectivity index (χ4v) is 3.55. The minimum absolute atomic E-state index is 0.430. The zero-order valence-electron chi connectivity index (χ0n) is 15.9. The Balaban J connectivity index is 1.76. The number of benzene rings is 2. The predicted octanol–water partition coefficient (Wildman–Crippen LogP) is 4.02. The molecule has 1 atom stereocenters. The molecule has 4 heteroatoms. The largest absolute Gasteiger partial charge is 0.490 e. The molecule has 140 valence electrons. The molecule has 0 bridgehead atoms. The lowest BCUT2D eigenvalue weighted by molar-refractivity contribution is 0.169. The van der Waals surface area contributed by atoms with E-state index in [1.54, 1.807) is 0 Å². The van der Waals surface area contributed by atoms with E-state index in [-0.39, 0.29) is 0 Å². The van der Waals surface area contributed by atoms with Gasteiger partial charge in [-0.25, -0.2) is 0 Å². The molecule has 0 aliphatic carbocycles. The maximum absolute atomic E-state index is 6.04. The van der Waals surface area contributed by atoms with Gasteiger partial charge in [-0.2, -0.15) is 0 Å². The topological polar surface area (TPSA) is 33.7 Å². The number of hydrogen-bond donors (Lipinski definition) is 1. The molecule has 2 aromatic rings. The highest BCUT2D eigenvalue weighted by Gasteiger charge is 2.21. The molecule has 1 heterocycles. The van der Waals surface area contributed by atoms with Gasteiger partial charge in [-0.3, -0.25) is 4.90 Å². The van der Waals surface area contributed by atoms with Crippen molar-refractivity contribution < 1.29 is 9.47 Å². The Morgan fingerprint density at radius 2 is 1.73 bits per heavy atom. The van der Waals surface area contributed by atoms with Crippen molar-refractivity contribution in [1.29, 1.82) is 0 Å². The van der Waals surface area contributed by atoms with Gasteiger partial charge in [0, 0.05) is 32.2 Å². The Kier molecular flexibility index (Phi) is 6.92. The number of nitrogens with one attached hydrogen (secondary N) is 1. The van der Waals surface area contributed by atoms with Crippen LogP contribution in [0.1, 0.15) is 37.4 Å². The van der Waals surface area contributed by atoms with Crippen molar-refractivity contribution in [2.45, 2.75) is 32.9 Å². The average molecular weight is 354 g/mol. The van der Waals surface area contributed by atoms with Crippen molar-refractivity contribution in [3.05, 3.63) is 59.7 Å². The third kappa shape index (κ3) is 4.77. The van der Waals surface area contributed by atoms with Crippen molar-refractivity contribution in [2.75, 3.05) is 32.8 Å². The highest BCUT2D eigenvalue weighted by Crippen LogP contribution is 2.34. The van der Waals surface area contributed by atoms with E-state index in [2.05, 4.69) is 47.5 Å². The first-order valence-electron chi connectivity index (χ1n) is 9.70. The second kappa shape index (κ2) is 9.60. The van der Waals surface area contributed by atoms with E-state index in [9.17, 15) is 0 Å². The monoisotopic (exact) mass is 354 g/mol. The fourth-order valence-electron chi connectivity index (χ4n) is 3.55. The zero-order valence-corrected chi connectivity index (χ0v) is 15.9. The highest BCUT2D eigenvalue weighted by atomic mass is 16.5. The Morgan fingerprint density at radius 3 is 2.42 bits per heavy atom. The lowest BCUT2D eigenvalue weighted by Gasteiger charge is -2.35. The lowest BCUT2D eigenvalue weighted by atomic mass is 10.0. The average Bonchev–Trinajstić information content (AvgIpc) is 2.70. The summed E-state index contributed by atoms with van der Waals surface area (Å²) in [5.74, 6) is 1.66. The van der Waals surface area contributed by atoms with E-state index in [4.69, 9.17) is 9.47 Å². The third-order valence-corrected chi connectivity index (χ3v) is 4.87. The molecular weight excluding hydrogens is 324 g/mol. The minimum Gasteiger partial charge on any atom is -0.490 e. The van der Waals surface area contributed by atoms with Gasteiger partial charge >= 0.3 is 0 Å². The standard InChI is InChI=1S/C22H30N2O2/c1-3-20(24-14-12-23-13-15-24)19-10-11-21(22(16-19)25-4-2)26-17-18-8-6-5-7-9-18/h5-11,16,20,23H,3-4,12-15,17H2,1-2H3/t20-/m0/s1. The second-order valence-corrected chi connectivity index (χ2v) is 6.62. The Hall–Kier alpha value is -2.04. The molecule has 0 aromatic heterocycles. The molecule has 1 aliphatic heterocycles. The fraction of sp³-hybridized carbons (Fsp3) is 0.455. The molecule has 1 fully saturated rings. The van der Waals surface area contributed by atoms with Crippen molar-refractivity contribution >= 4 is 0 Å². The van der Waals surface area contributed by atoms with Crippen LogP contribution in [0.4, 0.5) is 0 Å². The van der Waals surface area contributed by atoms with Gasteiger partial charge in [0.15, 0.2) is 11.5 Å². The van der Waals surface area contributed by atoms with Crippen LogP contribution >= 0.6 is 0 Å². The number of hydrogen-bond acceptors (Lipinski definition) is 4. The number of piperazine rings is 1. The predicted molar refractivity (Wildman–Crippen MR) is 106 cm³/mol. The molecule has 1 N–H and O–H groups in total. The van der Waals surface area contributed by atoms with E-state index in [0.29, 0.717) is 19.3 Å². The van der Waals surface area contributed by atoms with Crippen LogP contribution in [-0.4, -0.2) is 37.7 Å². The van der Waals surface area contributed by atoms with Crippen LogP contribution < -0.4 is 14.8 Å². The zero-order chi connectivity index (χ0) is 18.2. The first kappa shape index (κ1) is 18.7. The van der Waals surface area contributed by atoms with Gasteiger partial charge in [-0.05, 0) is 36.6 Å². The molecule has 1 saturated heterocycles. The molecule has 0 spiro atoms. The summed E-state index contributed by atoms with van der Waals surface area (Å²) in [5.41, 5.74) is 2.47. The quantitative estimate of drug-likeness (QED) is 0.776. The van der Waals surface area contributed by atoms with Crippen molar-refractivity contribution in [3.8, 4) is 11.5 Å². The molecule has 0 radical (unpaired) electrons. The van der Waals surface area contributed by atoms with Crippen molar-refractivity contribution in [3.63, 3.8) is 0 Å². The van der Waals surface area contributed by atoms with Gasteiger partial charge in [0.1, 0.15) is 6.61 Å². The first-order chi connectivity index (χ1) is 12.8. The van der Waals surface area contributed by atoms with Crippen LogP contribution in [0.15, 0.2) is 48.5 Å². The van der Waals surface area contributed by atoms with E-state index >= 15 is 0 Å². The summed E-state index contributed by atoms with van der Waals surface area (Å²) in [7, 11) is 0. The molecule has 2 aromatic carbocycles. The van der Waals surface area contributed by atoms with Crippen LogP contribution in [-0.2, 0) is 6.61 Å². The smallest absolute Gasteiger partial charge is 0.161 e. The van der Waals surface area contributed by atoms with Crippen molar-refractivity contribution in [2.24, 2.45) is 0 Å². The van der Waals surface area contributed by atoms with Gasteiger partial charge in [0.2, 0.25) is 0 Å². The third-order valence-electron chi connectivity index (χ3n) is 4.87. The lowest BCUT2D eigenvalue weighted by Crippen LogP contribution is -2.45. The summed E-state index contributed by atoms with van der Waals surface area (Å²) < 4.78 is 11.9. The summed E-state index contributed by atoms with van der Waals surface area (Å²) in [4.78, 5) is 2.56. The summed E-state index contributed by atoms with van der Waals surface area (Å²) >= 11 is 0. The Labute approximate surface area is 157 Å². The first-order valence-corrected chi connectivity index (χ1v) is 9.70. The van der Waals surface area contributed by atoms with E-state index in [0.717, 1.165) is 49.7 Å². The van der Waals surface area contributed by atoms with Gasteiger partial charge in [0.05, 0.1) is 6.61 Å². The van der Waals surface area contributed by atoms with Crippen LogP contribution in [0.5, 0.6) is 11.5 Å². The summed E-state index contributed by atoms with van der Waals surface area (Å²) in [6.45, 7) is 9.77. The molecule has 0 saturated carbocycles. The van der Waals surface area contributed by atoms with Crippen LogP contribution in [0.3, 0.4) is 0 Å². The second-order valence-electron chi connectivity index (χ2n) is 6.62. The molecule has 26 heavy (non-hydrogen) atoms. The van der Waals surface area contributed by atoms with E-state index in [1.165, 1.54) is 5.56 Å². The Morgan fingerprint density at radius 1 is 0.962 bits per heavy atom.